The molecule has 1 aromatic carbocycles. The second-order valence-electron chi connectivity index (χ2n) is 8.66. The molecular weight excluding hydrogens is 328 g/mol. The van der Waals surface area contributed by atoms with Gasteiger partial charge in [0.1, 0.15) is 0 Å². The summed E-state index contributed by atoms with van der Waals surface area (Å²) in [5, 5.41) is 0. The summed E-state index contributed by atoms with van der Waals surface area (Å²) >= 11 is 0. The van der Waals surface area contributed by atoms with Gasteiger partial charge in [-0.3, -0.25) is 0 Å². The molecule has 1 nitrogen and oxygen atoms in total. The van der Waals surface area contributed by atoms with E-state index in [4.69, 9.17) is 4.74 Å². The number of rotatable bonds is 8. The Morgan fingerprint density at radius 2 is 1.52 bits per heavy atom. The van der Waals surface area contributed by atoms with Gasteiger partial charge in [0.05, 0.1) is 13.2 Å². The summed E-state index contributed by atoms with van der Waals surface area (Å²) in [5.74, 6) is 3.54. The van der Waals surface area contributed by atoms with Crippen LogP contribution in [0.25, 0.3) is 0 Å². The summed E-state index contributed by atoms with van der Waals surface area (Å²) in [5.41, 5.74) is 2.83. The SMILES string of the molecule is C=CC1CCC(C2CCC(c3ccc(COC/C=C/CC)cc3)CC2)CC1. The minimum Gasteiger partial charge on any atom is -0.373 e. The first-order valence-corrected chi connectivity index (χ1v) is 11.2. The van der Waals surface area contributed by atoms with Gasteiger partial charge in [-0.1, -0.05) is 49.4 Å². The first-order valence-electron chi connectivity index (χ1n) is 11.2. The van der Waals surface area contributed by atoms with Crippen LogP contribution in [-0.4, -0.2) is 6.61 Å². The van der Waals surface area contributed by atoms with Crippen molar-refractivity contribution >= 4 is 0 Å². The van der Waals surface area contributed by atoms with E-state index < -0.39 is 0 Å². The molecule has 0 saturated heterocycles. The van der Waals surface area contributed by atoms with Gasteiger partial charge >= 0.3 is 0 Å². The molecule has 0 heterocycles. The number of hydrogen-bond donors (Lipinski definition) is 0. The summed E-state index contributed by atoms with van der Waals surface area (Å²) in [6.45, 7) is 7.57. The third-order valence-electron chi connectivity index (χ3n) is 6.92. The van der Waals surface area contributed by atoms with E-state index in [1.807, 2.05) is 0 Å². The van der Waals surface area contributed by atoms with E-state index in [1.165, 1.54) is 56.9 Å². The van der Waals surface area contributed by atoms with E-state index in [2.05, 4.69) is 56.0 Å². The molecule has 0 atom stereocenters. The van der Waals surface area contributed by atoms with Crippen molar-refractivity contribution in [3.05, 3.63) is 60.2 Å². The van der Waals surface area contributed by atoms with Crippen LogP contribution in [0.1, 0.15) is 81.8 Å². The van der Waals surface area contributed by atoms with Crippen molar-refractivity contribution in [3.8, 4) is 0 Å². The summed E-state index contributed by atoms with van der Waals surface area (Å²) in [6, 6.07) is 9.23. The second kappa shape index (κ2) is 10.9. The van der Waals surface area contributed by atoms with E-state index in [9.17, 15) is 0 Å². The van der Waals surface area contributed by atoms with Crippen LogP contribution in [0.4, 0.5) is 0 Å². The minimum absolute atomic E-state index is 0.717. The summed E-state index contributed by atoms with van der Waals surface area (Å²) in [4.78, 5) is 0. The van der Waals surface area contributed by atoms with Crippen molar-refractivity contribution < 1.29 is 4.74 Å². The smallest absolute Gasteiger partial charge is 0.0721 e. The van der Waals surface area contributed by atoms with E-state index in [0.717, 1.165) is 30.1 Å². The third kappa shape index (κ3) is 6.07. The maximum absolute atomic E-state index is 5.71. The third-order valence-corrected chi connectivity index (χ3v) is 6.92. The maximum atomic E-state index is 5.71. The van der Waals surface area contributed by atoms with Crippen LogP contribution < -0.4 is 0 Å². The summed E-state index contributed by atoms with van der Waals surface area (Å²) in [7, 11) is 0. The van der Waals surface area contributed by atoms with Gasteiger partial charge in [0.15, 0.2) is 0 Å². The first kappa shape index (κ1) is 20.4. The molecule has 0 N–H and O–H groups in total. The molecule has 0 radical (unpaired) electrons. The molecule has 27 heavy (non-hydrogen) atoms. The molecule has 2 aliphatic rings. The van der Waals surface area contributed by atoms with Gasteiger partial charge in [-0.15, -0.1) is 6.58 Å². The van der Waals surface area contributed by atoms with E-state index in [0.29, 0.717) is 13.2 Å². The van der Waals surface area contributed by atoms with Crippen LogP contribution in [0.2, 0.25) is 0 Å². The fourth-order valence-electron chi connectivity index (χ4n) is 5.14. The zero-order chi connectivity index (χ0) is 18.9. The van der Waals surface area contributed by atoms with Crippen LogP contribution >= 0.6 is 0 Å². The van der Waals surface area contributed by atoms with Crippen molar-refractivity contribution in [2.75, 3.05) is 6.61 Å². The highest BCUT2D eigenvalue weighted by Crippen LogP contribution is 2.44. The topological polar surface area (TPSA) is 9.23 Å². The highest BCUT2D eigenvalue weighted by molar-refractivity contribution is 5.25. The molecule has 148 valence electrons. The van der Waals surface area contributed by atoms with Gasteiger partial charge in [-0.05, 0) is 92.6 Å². The maximum Gasteiger partial charge on any atom is 0.0721 e. The normalized spacial score (nSPS) is 29.1. The number of ether oxygens (including phenoxy) is 1. The highest BCUT2D eigenvalue weighted by Gasteiger charge is 2.30. The molecule has 2 aliphatic carbocycles. The lowest BCUT2D eigenvalue weighted by atomic mass is 9.68. The number of allylic oxidation sites excluding steroid dienone is 2. The van der Waals surface area contributed by atoms with Crippen molar-refractivity contribution in [1.82, 2.24) is 0 Å². The van der Waals surface area contributed by atoms with Crippen LogP contribution in [0.15, 0.2) is 49.1 Å². The number of hydrogen-bond acceptors (Lipinski definition) is 1. The zero-order valence-electron chi connectivity index (χ0n) is 17.2. The van der Waals surface area contributed by atoms with Gasteiger partial charge < -0.3 is 4.74 Å². The van der Waals surface area contributed by atoms with E-state index in [1.54, 1.807) is 5.56 Å². The largest absolute Gasteiger partial charge is 0.373 e. The number of benzene rings is 1. The second-order valence-corrected chi connectivity index (χ2v) is 8.66. The van der Waals surface area contributed by atoms with Crippen LogP contribution in [0, 0.1) is 17.8 Å². The van der Waals surface area contributed by atoms with Gasteiger partial charge in [0, 0.05) is 0 Å². The molecule has 0 bridgehead atoms. The van der Waals surface area contributed by atoms with Gasteiger partial charge in [-0.2, -0.15) is 0 Å². The van der Waals surface area contributed by atoms with Crippen LogP contribution in [0.3, 0.4) is 0 Å². The molecule has 2 saturated carbocycles. The zero-order valence-corrected chi connectivity index (χ0v) is 17.2. The van der Waals surface area contributed by atoms with Crippen LogP contribution in [-0.2, 0) is 11.3 Å². The summed E-state index contributed by atoms with van der Waals surface area (Å²) < 4.78 is 5.71. The van der Waals surface area contributed by atoms with Crippen molar-refractivity contribution in [1.29, 1.82) is 0 Å². The van der Waals surface area contributed by atoms with Crippen molar-refractivity contribution in [2.45, 2.75) is 77.2 Å². The predicted octanol–water partition coefficient (Wildman–Crippen LogP) is 7.44. The lowest BCUT2D eigenvalue weighted by Crippen LogP contribution is -2.25. The Bertz CT molecular complexity index is 569. The monoisotopic (exact) mass is 366 g/mol. The van der Waals surface area contributed by atoms with Crippen molar-refractivity contribution in [3.63, 3.8) is 0 Å². The van der Waals surface area contributed by atoms with Gasteiger partial charge in [-0.25, -0.2) is 0 Å². The van der Waals surface area contributed by atoms with E-state index in [-0.39, 0.29) is 0 Å². The van der Waals surface area contributed by atoms with E-state index >= 15 is 0 Å². The molecule has 2 fully saturated rings. The lowest BCUT2D eigenvalue weighted by Gasteiger charge is -2.37. The Morgan fingerprint density at radius 3 is 2.11 bits per heavy atom. The Hall–Kier alpha value is -1.34. The Morgan fingerprint density at radius 1 is 0.889 bits per heavy atom. The van der Waals surface area contributed by atoms with Crippen molar-refractivity contribution in [2.24, 2.45) is 17.8 Å². The molecule has 0 unspecified atom stereocenters. The molecule has 0 aliphatic heterocycles. The summed E-state index contributed by atoms with van der Waals surface area (Å²) in [6.07, 6.45) is 18.8. The first-order chi connectivity index (χ1) is 13.3. The highest BCUT2D eigenvalue weighted by atomic mass is 16.5. The molecule has 0 amide bonds. The molecule has 1 heteroatoms. The average Bonchev–Trinajstić information content (AvgIpc) is 2.74. The minimum atomic E-state index is 0.717. The molecule has 1 aromatic rings. The van der Waals surface area contributed by atoms with Crippen LogP contribution in [0.5, 0.6) is 0 Å². The quantitative estimate of drug-likeness (QED) is 0.343. The predicted molar refractivity (Wildman–Crippen MR) is 116 cm³/mol. The fraction of sp³-hybridized carbons (Fsp3) is 0.615. The Labute approximate surface area is 166 Å². The molecule has 0 spiro atoms. The average molecular weight is 367 g/mol. The van der Waals surface area contributed by atoms with Gasteiger partial charge in [0.2, 0.25) is 0 Å². The Balaban J connectivity index is 1.41. The molecule has 3 rings (SSSR count). The lowest BCUT2D eigenvalue weighted by molar-refractivity contribution is 0.148. The standard InChI is InChI=1S/C26H38O/c1-3-5-6-19-27-20-22-9-13-24(14-10-22)26-17-15-25(16-18-26)23-11-7-21(4-2)8-12-23/h4-6,9-10,13-14,21,23,25-26H,2-3,7-8,11-12,15-20H2,1H3/b6-5+. The molecule has 0 aromatic heterocycles. The van der Waals surface area contributed by atoms with Gasteiger partial charge in [0.25, 0.3) is 0 Å². The fourth-order valence-corrected chi connectivity index (χ4v) is 5.14. The molecular formula is C26H38O. The Kier molecular flexibility index (Phi) is 8.20.